The Kier molecular flexibility index (Phi) is 8.18. The number of anilines is 1. The van der Waals surface area contributed by atoms with Gasteiger partial charge in [-0.1, -0.05) is 97.2 Å². The van der Waals surface area contributed by atoms with Gasteiger partial charge in [0.2, 0.25) is 0 Å². The monoisotopic (exact) mass is 440 g/mol. The van der Waals surface area contributed by atoms with E-state index in [0.717, 1.165) is 24.0 Å². The summed E-state index contributed by atoms with van der Waals surface area (Å²) in [5.41, 5.74) is 2.65. The molecule has 0 bridgehead atoms. The number of nitrogens with zero attached hydrogens (tertiary/aromatic N) is 2. The van der Waals surface area contributed by atoms with Gasteiger partial charge < -0.3 is 4.90 Å². The molecule has 3 nitrogen and oxygen atoms in total. The lowest BCUT2D eigenvalue weighted by molar-refractivity contribution is 0.200. The van der Waals surface area contributed by atoms with E-state index in [2.05, 4.69) is 6.92 Å². The summed E-state index contributed by atoms with van der Waals surface area (Å²) in [6.45, 7) is 3.69. The number of halogens is 2. The smallest absolute Gasteiger partial charge is 0.320 e. The van der Waals surface area contributed by atoms with Crippen molar-refractivity contribution in [1.82, 2.24) is 4.90 Å². The van der Waals surface area contributed by atoms with Gasteiger partial charge in [-0.3, -0.25) is 4.90 Å². The van der Waals surface area contributed by atoms with E-state index in [1.807, 2.05) is 77.7 Å². The third-order valence-electron chi connectivity index (χ3n) is 4.93. The molecule has 0 unspecified atom stereocenters. The maximum atomic E-state index is 13.8. The zero-order valence-corrected chi connectivity index (χ0v) is 18.6. The van der Waals surface area contributed by atoms with Crippen LogP contribution in [0, 0.1) is 0 Å². The molecule has 3 aromatic carbocycles. The summed E-state index contributed by atoms with van der Waals surface area (Å²) >= 11 is 12.9. The summed E-state index contributed by atoms with van der Waals surface area (Å²) in [5.74, 6) is 0. The second kappa shape index (κ2) is 11.1. The van der Waals surface area contributed by atoms with Crippen LogP contribution in [0.3, 0.4) is 0 Å². The second-order valence-electron chi connectivity index (χ2n) is 7.17. The molecule has 3 rings (SSSR count). The Balaban J connectivity index is 1.95. The minimum absolute atomic E-state index is 0.0830. The Morgan fingerprint density at radius 2 is 1.43 bits per heavy atom. The van der Waals surface area contributed by atoms with E-state index in [-0.39, 0.29) is 6.03 Å². The molecule has 2 amide bonds. The van der Waals surface area contributed by atoms with Crippen molar-refractivity contribution in [2.45, 2.75) is 32.9 Å². The number of rotatable bonds is 8. The third-order valence-corrected chi connectivity index (χ3v) is 5.62. The van der Waals surface area contributed by atoms with Crippen LogP contribution in [-0.4, -0.2) is 17.5 Å². The van der Waals surface area contributed by atoms with Crippen LogP contribution in [0.25, 0.3) is 0 Å². The molecule has 0 heterocycles. The van der Waals surface area contributed by atoms with E-state index in [1.165, 1.54) is 0 Å². The van der Waals surface area contributed by atoms with E-state index >= 15 is 0 Å². The zero-order valence-electron chi connectivity index (χ0n) is 17.1. The molecule has 0 aliphatic carbocycles. The van der Waals surface area contributed by atoms with E-state index in [4.69, 9.17) is 23.2 Å². The average Bonchev–Trinajstić information content (AvgIpc) is 2.77. The van der Waals surface area contributed by atoms with Crippen molar-refractivity contribution in [3.05, 3.63) is 100 Å². The van der Waals surface area contributed by atoms with Crippen LogP contribution in [0.4, 0.5) is 10.5 Å². The van der Waals surface area contributed by atoms with Gasteiger partial charge >= 0.3 is 6.03 Å². The summed E-state index contributed by atoms with van der Waals surface area (Å²) in [7, 11) is 0. The zero-order chi connectivity index (χ0) is 21.3. The third kappa shape index (κ3) is 5.78. The standard InChI is InChI=1S/C25H26Cl2N2O/c1-2-3-17-28(18-20-11-5-4-6-12-20)25(30)29(24-16-10-9-15-23(24)27)19-21-13-7-8-14-22(21)26/h4-16H,2-3,17-19H2,1H3. The second-order valence-corrected chi connectivity index (χ2v) is 7.99. The number of carbonyl (C=O) groups is 1. The van der Waals surface area contributed by atoms with Crippen LogP contribution in [-0.2, 0) is 13.1 Å². The molecule has 0 atom stereocenters. The molecule has 0 saturated heterocycles. The number of hydrogen-bond donors (Lipinski definition) is 0. The molecular formula is C25H26Cl2N2O. The first kappa shape index (κ1) is 22.2. The topological polar surface area (TPSA) is 23.6 Å². The fourth-order valence-electron chi connectivity index (χ4n) is 3.29. The van der Waals surface area contributed by atoms with Crippen molar-refractivity contribution >= 4 is 34.9 Å². The van der Waals surface area contributed by atoms with E-state index < -0.39 is 0 Å². The van der Waals surface area contributed by atoms with Crippen molar-refractivity contribution in [3.63, 3.8) is 0 Å². The van der Waals surface area contributed by atoms with Gasteiger partial charge in [-0.15, -0.1) is 0 Å². The van der Waals surface area contributed by atoms with Crippen LogP contribution in [0.1, 0.15) is 30.9 Å². The summed E-state index contributed by atoms with van der Waals surface area (Å²) in [6.07, 6.45) is 1.94. The highest BCUT2D eigenvalue weighted by atomic mass is 35.5. The molecule has 0 aliphatic heterocycles. The highest BCUT2D eigenvalue weighted by Crippen LogP contribution is 2.29. The minimum atomic E-state index is -0.0830. The van der Waals surface area contributed by atoms with Gasteiger partial charge in [0, 0.05) is 18.1 Å². The maximum absolute atomic E-state index is 13.8. The Hall–Kier alpha value is -2.49. The number of amides is 2. The molecule has 5 heteroatoms. The number of urea groups is 1. The number of carbonyl (C=O) groups excluding carboxylic acids is 1. The Labute approximate surface area is 188 Å². The molecule has 0 N–H and O–H groups in total. The van der Waals surface area contributed by atoms with Gasteiger partial charge in [0.05, 0.1) is 17.3 Å². The van der Waals surface area contributed by atoms with Crippen LogP contribution >= 0.6 is 23.2 Å². The van der Waals surface area contributed by atoms with Gasteiger partial charge in [-0.05, 0) is 35.7 Å². The largest absolute Gasteiger partial charge is 0.325 e. The summed E-state index contributed by atoms with van der Waals surface area (Å²) in [4.78, 5) is 17.4. The first-order valence-electron chi connectivity index (χ1n) is 10.2. The first-order valence-corrected chi connectivity index (χ1v) is 10.9. The SMILES string of the molecule is CCCCN(Cc1ccccc1)C(=O)N(Cc1ccccc1Cl)c1ccccc1Cl. The molecule has 3 aromatic rings. The van der Waals surface area contributed by atoms with Gasteiger partial charge in [-0.2, -0.15) is 0 Å². The Morgan fingerprint density at radius 1 is 0.800 bits per heavy atom. The predicted octanol–water partition coefficient (Wildman–Crippen LogP) is 7.42. The van der Waals surface area contributed by atoms with Crippen LogP contribution in [0.15, 0.2) is 78.9 Å². The number of hydrogen-bond acceptors (Lipinski definition) is 1. The van der Waals surface area contributed by atoms with Gasteiger partial charge in [0.1, 0.15) is 0 Å². The fourth-order valence-corrected chi connectivity index (χ4v) is 3.72. The molecular weight excluding hydrogens is 415 g/mol. The lowest BCUT2D eigenvalue weighted by Crippen LogP contribution is -2.43. The predicted molar refractivity (Wildman–Crippen MR) is 126 cm³/mol. The quantitative estimate of drug-likeness (QED) is 0.357. The first-order chi connectivity index (χ1) is 14.6. The fraction of sp³-hybridized carbons (Fsp3) is 0.240. The van der Waals surface area contributed by atoms with Crippen molar-refractivity contribution in [1.29, 1.82) is 0 Å². The number of benzene rings is 3. The molecule has 0 saturated carbocycles. The van der Waals surface area contributed by atoms with Crippen molar-refractivity contribution < 1.29 is 4.79 Å². The minimum Gasteiger partial charge on any atom is -0.320 e. The highest BCUT2D eigenvalue weighted by Gasteiger charge is 2.25. The molecule has 30 heavy (non-hydrogen) atoms. The number of para-hydroxylation sites is 1. The van der Waals surface area contributed by atoms with E-state index in [0.29, 0.717) is 35.4 Å². The highest BCUT2D eigenvalue weighted by molar-refractivity contribution is 6.34. The van der Waals surface area contributed by atoms with Gasteiger partial charge in [-0.25, -0.2) is 4.79 Å². The van der Waals surface area contributed by atoms with Gasteiger partial charge in [0.15, 0.2) is 0 Å². The molecule has 0 spiro atoms. The lowest BCUT2D eigenvalue weighted by atomic mass is 10.1. The van der Waals surface area contributed by atoms with E-state index in [1.54, 1.807) is 11.0 Å². The van der Waals surface area contributed by atoms with Crippen LogP contribution < -0.4 is 4.90 Å². The van der Waals surface area contributed by atoms with Crippen LogP contribution in [0.5, 0.6) is 0 Å². The normalized spacial score (nSPS) is 10.6. The maximum Gasteiger partial charge on any atom is 0.325 e. The van der Waals surface area contributed by atoms with E-state index in [9.17, 15) is 4.79 Å². The molecule has 0 aromatic heterocycles. The lowest BCUT2D eigenvalue weighted by Gasteiger charge is -2.32. The van der Waals surface area contributed by atoms with Crippen molar-refractivity contribution in [3.8, 4) is 0 Å². The Bertz CT molecular complexity index is 962. The Morgan fingerprint density at radius 3 is 2.10 bits per heavy atom. The summed E-state index contributed by atoms with van der Waals surface area (Å²) < 4.78 is 0. The molecule has 0 radical (unpaired) electrons. The summed E-state index contributed by atoms with van der Waals surface area (Å²) in [6, 6.07) is 25.0. The number of unbranched alkanes of at least 4 members (excludes halogenated alkanes) is 1. The molecule has 0 aliphatic rings. The average molecular weight is 441 g/mol. The van der Waals surface area contributed by atoms with Crippen molar-refractivity contribution in [2.75, 3.05) is 11.4 Å². The van der Waals surface area contributed by atoms with Crippen molar-refractivity contribution in [2.24, 2.45) is 0 Å². The molecule has 156 valence electrons. The molecule has 0 fully saturated rings. The van der Waals surface area contributed by atoms with Gasteiger partial charge in [0.25, 0.3) is 0 Å². The van der Waals surface area contributed by atoms with Crippen LogP contribution in [0.2, 0.25) is 10.0 Å². The summed E-state index contributed by atoms with van der Waals surface area (Å²) in [5, 5.41) is 1.17.